The molecule has 1 aromatic carbocycles. The zero-order valence-electron chi connectivity index (χ0n) is 11.4. The third-order valence-electron chi connectivity index (χ3n) is 2.91. The molecule has 3 aromatic rings. The first-order valence-corrected chi connectivity index (χ1v) is 6.66. The zero-order chi connectivity index (χ0) is 14.3. The van der Waals surface area contributed by atoms with Crippen molar-refractivity contribution in [1.29, 1.82) is 0 Å². The Morgan fingerprint density at radius 1 is 0.952 bits per heavy atom. The average Bonchev–Trinajstić information content (AvgIpc) is 3.08. The molecule has 0 unspecified atom stereocenters. The Hall–Kier alpha value is -2.94. The fourth-order valence-electron chi connectivity index (χ4n) is 1.90. The van der Waals surface area contributed by atoms with Gasteiger partial charge in [-0.15, -0.1) is 0 Å². The third kappa shape index (κ3) is 3.54. The molecule has 3 nitrogen and oxygen atoms in total. The molecular weight excluding hydrogens is 260 g/mol. The number of rotatable bonds is 4. The molecule has 0 saturated carbocycles. The minimum Gasteiger partial charge on any atom is -0.463 e. The molecule has 0 saturated heterocycles. The second-order valence-electron chi connectivity index (χ2n) is 4.46. The fraction of sp³-hybridized carbons (Fsp3) is 0. The van der Waals surface area contributed by atoms with Crippen LogP contribution < -0.4 is 0 Å². The summed E-state index contributed by atoms with van der Waals surface area (Å²) in [6.07, 6.45) is 8.93. The molecule has 102 valence electrons. The van der Waals surface area contributed by atoms with E-state index in [4.69, 9.17) is 4.42 Å². The number of benzene rings is 1. The van der Waals surface area contributed by atoms with Gasteiger partial charge in [-0.25, -0.2) is 0 Å². The highest BCUT2D eigenvalue weighted by atomic mass is 16.3. The number of pyridine rings is 1. The van der Waals surface area contributed by atoms with Gasteiger partial charge in [-0.1, -0.05) is 36.4 Å². The van der Waals surface area contributed by atoms with Gasteiger partial charge in [0, 0.05) is 24.2 Å². The van der Waals surface area contributed by atoms with Gasteiger partial charge in [0.25, 0.3) is 0 Å². The van der Waals surface area contributed by atoms with Gasteiger partial charge < -0.3 is 4.42 Å². The fourth-order valence-corrected chi connectivity index (χ4v) is 1.90. The van der Waals surface area contributed by atoms with Crippen LogP contribution in [0.2, 0.25) is 0 Å². The van der Waals surface area contributed by atoms with E-state index in [-0.39, 0.29) is 0 Å². The molecule has 0 radical (unpaired) electrons. The average molecular weight is 274 g/mol. The lowest BCUT2D eigenvalue weighted by molar-refractivity contribution is 0.552. The van der Waals surface area contributed by atoms with E-state index in [1.807, 2.05) is 60.7 Å². The highest BCUT2D eigenvalue weighted by Crippen LogP contribution is 2.20. The molecule has 0 N–H and O–H groups in total. The summed E-state index contributed by atoms with van der Waals surface area (Å²) < 4.78 is 5.46. The summed E-state index contributed by atoms with van der Waals surface area (Å²) in [5, 5.41) is 0. The summed E-state index contributed by atoms with van der Waals surface area (Å²) in [6, 6.07) is 17.6. The topological polar surface area (TPSA) is 38.4 Å². The largest absolute Gasteiger partial charge is 0.463 e. The molecule has 3 rings (SSSR count). The number of hydrogen-bond donors (Lipinski definition) is 0. The first-order chi connectivity index (χ1) is 10.4. The molecule has 0 fully saturated rings. The summed E-state index contributed by atoms with van der Waals surface area (Å²) >= 11 is 0. The van der Waals surface area contributed by atoms with Crippen LogP contribution >= 0.6 is 0 Å². The van der Waals surface area contributed by atoms with Gasteiger partial charge in [-0.2, -0.15) is 0 Å². The van der Waals surface area contributed by atoms with Crippen LogP contribution in [0.3, 0.4) is 0 Å². The lowest BCUT2D eigenvalue weighted by Gasteiger charge is -1.99. The normalized spacial score (nSPS) is 11.9. The van der Waals surface area contributed by atoms with E-state index >= 15 is 0 Å². The quantitative estimate of drug-likeness (QED) is 0.665. The third-order valence-corrected chi connectivity index (χ3v) is 2.91. The molecule has 2 heterocycles. The van der Waals surface area contributed by atoms with Crippen LogP contribution in [0.5, 0.6) is 0 Å². The molecule has 0 atom stereocenters. The van der Waals surface area contributed by atoms with E-state index in [0.717, 1.165) is 22.6 Å². The van der Waals surface area contributed by atoms with Crippen molar-refractivity contribution >= 4 is 18.0 Å². The Labute approximate surface area is 123 Å². The predicted molar refractivity (Wildman–Crippen MR) is 84.9 cm³/mol. The maximum absolute atomic E-state index is 5.46. The smallest absolute Gasteiger partial charge is 0.152 e. The lowest BCUT2D eigenvalue weighted by atomic mass is 10.2. The minimum atomic E-state index is 0.735. The molecule has 0 aliphatic carbocycles. The van der Waals surface area contributed by atoms with Crippen molar-refractivity contribution < 1.29 is 4.42 Å². The second kappa shape index (κ2) is 6.48. The van der Waals surface area contributed by atoms with Crippen LogP contribution in [-0.2, 0) is 0 Å². The Morgan fingerprint density at radius 2 is 1.81 bits per heavy atom. The Kier molecular flexibility index (Phi) is 4.03. The standard InChI is InChI=1S/C18H14N2O/c1-2-6-15(7-3-1)12-17(18-9-5-11-21-18)20-14-16-8-4-10-19-13-16/h1-14H/b17-12-,20-14?. The molecule has 0 spiro atoms. The van der Waals surface area contributed by atoms with Crippen molar-refractivity contribution in [2.75, 3.05) is 0 Å². The van der Waals surface area contributed by atoms with Crippen molar-refractivity contribution in [3.63, 3.8) is 0 Å². The highest BCUT2D eigenvalue weighted by Gasteiger charge is 2.02. The van der Waals surface area contributed by atoms with Crippen LogP contribution in [0.4, 0.5) is 0 Å². The predicted octanol–water partition coefficient (Wildman–Crippen LogP) is 4.29. The van der Waals surface area contributed by atoms with Gasteiger partial charge in [0.1, 0.15) is 5.70 Å². The van der Waals surface area contributed by atoms with Crippen LogP contribution in [0, 0.1) is 0 Å². The molecule has 2 aromatic heterocycles. The van der Waals surface area contributed by atoms with Crippen molar-refractivity contribution in [1.82, 2.24) is 4.98 Å². The van der Waals surface area contributed by atoms with Gasteiger partial charge in [-0.05, 0) is 29.8 Å². The van der Waals surface area contributed by atoms with E-state index in [2.05, 4.69) is 9.98 Å². The first kappa shape index (κ1) is 13.1. The molecule has 3 heteroatoms. The number of aromatic nitrogens is 1. The van der Waals surface area contributed by atoms with Crippen molar-refractivity contribution in [3.8, 4) is 0 Å². The molecule has 0 bridgehead atoms. The van der Waals surface area contributed by atoms with Crippen molar-refractivity contribution in [2.45, 2.75) is 0 Å². The van der Waals surface area contributed by atoms with Gasteiger partial charge in [0.2, 0.25) is 0 Å². The van der Waals surface area contributed by atoms with E-state index in [0.29, 0.717) is 0 Å². The van der Waals surface area contributed by atoms with Crippen LogP contribution in [-0.4, -0.2) is 11.2 Å². The van der Waals surface area contributed by atoms with Gasteiger partial charge >= 0.3 is 0 Å². The Balaban J connectivity index is 1.94. The molecule has 21 heavy (non-hydrogen) atoms. The number of nitrogens with zero attached hydrogens (tertiary/aromatic N) is 2. The van der Waals surface area contributed by atoms with Gasteiger partial charge in [0.15, 0.2) is 5.76 Å². The maximum Gasteiger partial charge on any atom is 0.152 e. The van der Waals surface area contributed by atoms with Gasteiger partial charge in [-0.3, -0.25) is 9.98 Å². The highest BCUT2D eigenvalue weighted by molar-refractivity contribution is 5.88. The molecular formula is C18H14N2O. The Morgan fingerprint density at radius 3 is 2.52 bits per heavy atom. The van der Waals surface area contributed by atoms with Gasteiger partial charge in [0.05, 0.1) is 6.26 Å². The SMILES string of the molecule is C(=N/C(=C\c1ccccc1)c1ccco1)c1cccnc1. The summed E-state index contributed by atoms with van der Waals surface area (Å²) in [5.74, 6) is 0.735. The Bertz CT molecular complexity index is 729. The first-order valence-electron chi connectivity index (χ1n) is 6.66. The summed E-state index contributed by atoms with van der Waals surface area (Å²) in [5.41, 5.74) is 2.80. The monoisotopic (exact) mass is 274 g/mol. The summed E-state index contributed by atoms with van der Waals surface area (Å²) in [6.45, 7) is 0. The van der Waals surface area contributed by atoms with Crippen LogP contribution in [0.25, 0.3) is 11.8 Å². The number of hydrogen-bond acceptors (Lipinski definition) is 3. The van der Waals surface area contributed by atoms with Crippen molar-refractivity contribution in [3.05, 3.63) is 90.1 Å². The maximum atomic E-state index is 5.46. The van der Waals surface area contributed by atoms with E-state index < -0.39 is 0 Å². The second-order valence-corrected chi connectivity index (χ2v) is 4.46. The van der Waals surface area contributed by atoms with Crippen molar-refractivity contribution in [2.24, 2.45) is 4.99 Å². The summed E-state index contributed by atoms with van der Waals surface area (Å²) in [4.78, 5) is 8.61. The van der Waals surface area contributed by atoms with E-state index in [1.165, 1.54) is 0 Å². The summed E-state index contributed by atoms with van der Waals surface area (Å²) in [7, 11) is 0. The molecule has 0 aliphatic rings. The number of furan rings is 1. The molecule has 0 amide bonds. The van der Waals surface area contributed by atoms with Crippen LogP contribution in [0.1, 0.15) is 16.9 Å². The lowest BCUT2D eigenvalue weighted by Crippen LogP contribution is -1.84. The zero-order valence-corrected chi connectivity index (χ0v) is 11.4. The number of aliphatic imine (C=N–C) groups is 1. The minimum absolute atomic E-state index is 0.735. The molecule has 0 aliphatic heterocycles. The van der Waals surface area contributed by atoms with E-state index in [1.54, 1.807) is 24.9 Å². The van der Waals surface area contributed by atoms with E-state index in [9.17, 15) is 0 Å². The van der Waals surface area contributed by atoms with Crippen LogP contribution in [0.15, 0.2) is 82.7 Å².